The molecule has 1 N–H and O–H groups in total. The molecule has 0 bridgehead atoms. The fourth-order valence-electron chi connectivity index (χ4n) is 2.90. The minimum absolute atomic E-state index is 0.231. The second-order valence-corrected chi connectivity index (χ2v) is 6.46. The van der Waals surface area contributed by atoms with E-state index in [-0.39, 0.29) is 5.91 Å². The second kappa shape index (κ2) is 8.80. The molecule has 142 valence electrons. The summed E-state index contributed by atoms with van der Waals surface area (Å²) in [5, 5.41) is 6.96. The van der Waals surface area contributed by atoms with E-state index in [1.807, 2.05) is 84.9 Å². The molecule has 0 saturated heterocycles. The Labute approximate surface area is 168 Å². The summed E-state index contributed by atoms with van der Waals surface area (Å²) in [5.74, 6) is 0.737. The molecule has 1 aromatic heterocycles. The van der Waals surface area contributed by atoms with Gasteiger partial charge in [-0.2, -0.15) is 4.98 Å². The van der Waals surface area contributed by atoms with Crippen molar-refractivity contribution in [2.24, 2.45) is 0 Å². The number of carbonyl (C=O) groups excluding carboxylic acids is 1. The van der Waals surface area contributed by atoms with Crippen molar-refractivity contribution in [2.45, 2.75) is 6.42 Å². The Morgan fingerprint density at radius 1 is 0.897 bits per heavy atom. The fraction of sp³-hybridized carbons (Fsp3) is 0.0417. The molecular weight excluding hydrogens is 362 g/mol. The van der Waals surface area contributed by atoms with Crippen molar-refractivity contribution in [1.29, 1.82) is 0 Å². The molecule has 1 heterocycles. The normalized spacial score (nSPS) is 10.9. The Morgan fingerprint density at radius 2 is 1.59 bits per heavy atom. The molecule has 0 aliphatic heterocycles. The van der Waals surface area contributed by atoms with Gasteiger partial charge in [0.2, 0.25) is 5.91 Å². The molecule has 0 fully saturated rings. The number of carbonyl (C=O) groups is 1. The van der Waals surface area contributed by atoms with E-state index in [1.165, 1.54) is 6.08 Å². The molecular formula is C24H19N3O2. The van der Waals surface area contributed by atoms with E-state index in [1.54, 1.807) is 6.08 Å². The molecule has 1 amide bonds. The molecule has 3 aromatic carbocycles. The Hall–Kier alpha value is -3.99. The number of aromatic nitrogens is 2. The van der Waals surface area contributed by atoms with Crippen LogP contribution < -0.4 is 5.32 Å². The van der Waals surface area contributed by atoms with Crippen LogP contribution in [0.15, 0.2) is 95.5 Å². The zero-order valence-electron chi connectivity index (χ0n) is 15.7. The van der Waals surface area contributed by atoms with E-state index in [4.69, 9.17) is 4.52 Å². The number of hydrogen-bond acceptors (Lipinski definition) is 4. The highest BCUT2D eigenvalue weighted by atomic mass is 16.5. The zero-order valence-corrected chi connectivity index (χ0v) is 15.7. The second-order valence-electron chi connectivity index (χ2n) is 6.46. The van der Waals surface area contributed by atoms with Crippen LogP contribution in [0.25, 0.3) is 17.5 Å². The van der Waals surface area contributed by atoms with Gasteiger partial charge in [0.05, 0.1) is 11.3 Å². The van der Waals surface area contributed by atoms with E-state index < -0.39 is 0 Å². The van der Waals surface area contributed by atoms with Gasteiger partial charge >= 0.3 is 0 Å². The van der Waals surface area contributed by atoms with Crippen LogP contribution in [0.5, 0.6) is 0 Å². The first kappa shape index (κ1) is 18.4. The summed E-state index contributed by atoms with van der Waals surface area (Å²) >= 11 is 0. The number of nitrogens with one attached hydrogen (secondary N) is 1. The monoisotopic (exact) mass is 381 g/mol. The highest BCUT2D eigenvalue weighted by Crippen LogP contribution is 2.26. The SMILES string of the molecule is O=C(/C=C/c1ccccc1)Nc1ccccc1-c1nc(Cc2ccccc2)no1. The molecule has 0 unspecified atom stereocenters. The summed E-state index contributed by atoms with van der Waals surface area (Å²) in [6.07, 6.45) is 3.85. The van der Waals surface area contributed by atoms with Crippen LogP contribution in [0.4, 0.5) is 5.69 Å². The number of para-hydroxylation sites is 1. The van der Waals surface area contributed by atoms with Crippen molar-refractivity contribution in [3.8, 4) is 11.5 Å². The smallest absolute Gasteiger partial charge is 0.260 e. The van der Waals surface area contributed by atoms with Gasteiger partial charge in [-0.25, -0.2) is 0 Å². The lowest BCUT2D eigenvalue weighted by Gasteiger charge is -2.06. The molecule has 4 aromatic rings. The summed E-state index contributed by atoms with van der Waals surface area (Å²) in [6, 6.07) is 27.0. The van der Waals surface area contributed by atoms with Crippen LogP contribution in [0.2, 0.25) is 0 Å². The molecule has 5 heteroatoms. The van der Waals surface area contributed by atoms with Gasteiger partial charge in [-0.15, -0.1) is 0 Å². The zero-order chi connectivity index (χ0) is 19.9. The van der Waals surface area contributed by atoms with Gasteiger partial charge in [-0.1, -0.05) is 78.0 Å². The first-order valence-corrected chi connectivity index (χ1v) is 9.28. The summed E-state index contributed by atoms with van der Waals surface area (Å²) < 4.78 is 5.44. The van der Waals surface area contributed by atoms with Gasteiger partial charge in [0.1, 0.15) is 0 Å². The third-order valence-electron chi connectivity index (χ3n) is 4.32. The van der Waals surface area contributed by atoms with E-state index >= 15 is 0 Å². The van der Waals surface area contributed by atoms with Crippen molar-refractivity contribution in [2.75, 3.05) is 5.32 Å². The number of anilines is 1. The number of hydrogen-bond donors (Lipinski definition) is 1. The molecule has 0 spiro atoms. The minimum atomic E-state index is -0.231. The standard InChI is InChI=1S/C24H19N3O2/c28-23(16-15-18-9-3-1-4-10-18)25-21-14-8-7-13-20(21)24-26-22(27-29-24)17-19-11-5-2-6-12-19/h1-16H,17H2,(H,25,28)/b16-15+. The maximum Gasteiger partial charge on any atom is 0.260 e. The van der Waals surface area contributed by atoms with Gasteiger partial charge in [0.15, 0.2) is 5.82 Å². The van der Waals surface area contributed by atoms with Gasteiger partial charge in [-0.05, 0) is 29.3 Å². The molecule has 0 aliphatic carbocycles. The van der Waals surface area contributed by atoms with Gasteiger partial charge < -0.3 is 9.84 Å². The van der Waals surface area contributed by atoms with E-state index in [9.17, 15) is 4.79 Å². The first-order valence-electron chi connectivity index (χ1n) is 9.28. The Kier molecular flexibility index (Phi) is 5.58. The summed E-state index contributed by atoms with van der Waals surface area (Å²) in [6.45, 7) is 0. The number of rotatable bonds is 6. The van der Waals surface area contributed by atoms with E-state index in [0.717, 1.165) is 11.1 Å². The molecule has 0 aliphatic rings. The molecule has 0 radical (unpaired) electrons. The molecule has 0 atom stereocenters. The molecule has 29 heavy (non-hydrogen) atoms. The topological polar surface area (TPSA) is 68.0 Å². The lowest BCUT2D eigenvalue weighted by atomic mass is 10.1. The van der Waals surface area contributed by atoms with Crippen LogP contribution >= 0.6 is 0 Å². The van der Waals surface area contributed by atoms with Crippen molar-refractivity contribution >= 4 is 17.7 Å². The summed E-state index contributed by atoms with van der Waals surface area (Å²) in [4.78, 5) is 16.8. The van der Waals surface area contributed by atoms with Crippen molar-refractivity contribution in [3.05, 3.63) is 108 Å². The van der Waals surface area contributed by atoms with Gasteiger partial charge in [0.25, 0.3) is 5.89 Å². The lowest BCUT2D eigenvalue weighted by molar-refractivity contribution is -0.111. The van der Waals surface area contributed by atoms with Crippen LogP contribution in [0.3, 0.4) is 0 Å². The van der Waals surface area contributed by atoms with Gasteiger partial charge in [-0.3, -0.25) is 4.79 Å². The predicted molar refractivity (Wildman–Crippen MR) is 113 cm³/mol. The average molecular weight is 381 g/mol. The highest BCUT2D eigenvalue weighted by molar-refractivity contribution is 6.03. The minimum Gasteiger partial charge on any atom is -0.334 e. The molecule has 5 nitrogen and oxygen atoms in total. The Morgan fingerprint density at radius 3 is 2.38 bits per heavy atom. The van der Waals surface area contributed by atoms with E-state index in [2.05, 4.69) is 15.5 Å². The molecule has 4 rings (SSSR count). The summed E-state index contributed by atoms with van der Waals surface area (Å²) in [7, 11) is 0. The predicted octanol–water partition coefficient (Wildman–Crippen LogP) is 4.98. The van der Waals surface area contributed by atoms with Crippen LogP contribution in [-0.2, 0) is 11.2 Å². The highest BCUT2D eigenvalue weighted by Gasteiger charge is 2.14. The van der Waals surface area contributed by atoms with Crippen LogP contribution in [-0.4, -0.2) is 16.0 Å². The maximum atomic E-state index is 12.4. The van der Waals surface area contributed by atoms with E-state index in [0.29, 0.717) is 29.4 Å². The number of benzene rings is 3. The van der Waals surface area contributed by atoms with Crippen molar-refractivity contribution in [1.82, 2.24) is 10.1 Å². The summed E-state index contributed by atoms with van der Waals surface area (Å²) in [5.41, 5.74) is 3.36. The number of nitrogens with zero attached hydrogens (tertiary/aromatic N) is 2. The Balaban J connectivity index is 1.50. The largest absolute Gasteiger partial charge is 0.334 e. The third-order valence-corrected chi connectivity index (χ3v) is 4.32. The van der Waals surface area contributed by atoms with Crippen LogP contribution in [0.1, 0.15) is 17.0 Å². The number of amides is 1. The van der Waals surface area contributed by atoms with Crippen molar-refractivity contribution in [3.63, 3.8) is 0 Å². The average Bonchev–Trinajstić information content (AvgIpc) is 3.22. The molecule has 0 saturated carbocycles. The lowest BCUT2D eigenvalue weighted by Crippen LogP contribution is -2.08. The third kappa shape index (κ3) is 4.84. The van der Waals surface area contributed by atoms with Crippen LogP contribution in [0, 0.1) is 0 Å². The quantitative estimate of drug-likeness (QED) is 0.478. The fourth-order valence-corrected chi connectivity index (χ4v) is 2.90. The first-order chi connectivity index (χ1) is 14.3. The maximum absolute atomic E-state index is 12.4. The van der Waals surface area contributed by atoms with Crippen molar-refractivity contribution < 1.29 is 9.32 Å². The van der Waals surface area contributed by atoms with Gasteiger partial charge in [0, 0.05) is 12.5 Å². The Bertz CT molecular complexity index is 1120.